The summed E-state index contributed by atoms with van der Waals surface area (Å²) in [6, 6.07) is 8.13. The van der Waals surface area contributed by atoms with Gasteiger partial charge in [0.2, 0.25) is 5.91 Å². The molecule has 2 aromatic rings. The van der Waals surface area contributed by atoms with Gasteiger partial charge in [0.15, 0.2) is 0 Å². The van der Waals surface area contributed by atoms with E-state index in [1.165, 1.54) is 0 Å². The van der Waals surface area contributed by atoms with Crippen LogP contribution >= 0.6 is 0 Å². The minimum Gasteiger partial charge on any atom is -0.480 e. The van der Waals surface area contributed by atoms with E-state index in [9.17, 15) is 9.59 Å². The van der Waals surface area contributed by atoms with Crippen LogP contribution in [-0.4, -0.2) is 69.1 Å². The molecule has 1 unspecified atom stereocenters. The van der Waals surface area contributed by atoms with Crippen LogP contribution < -0.4 is 0 Å². The first-order valence-corrected chi connectivity index (χ1v) is 9.63. The molecule has 0 aliphatic carbocycles. The number of benzene rings is 1. The summed E-state index contributed by atoms with van der Waals surface area (Å²) in [5.74, 6) is 0.224. The fourth-order valence-electron chi connectivity index (χ4n) is 3.92. The van der Waals surface area contributed by atoms with Gasteiger partial charge >= 0.3 is 5.97 Å². The molecule has 146 valence electrons. The molecule has 1 amide bonds. The molecule has 0 radical (unpaired) electrons. The number of hydrogen-bond donors (Lipinski definition) is 1. The predicted molar refractivity (Wildman–Crippen MR) is 104 cm³/mol. The number of carbonyl (C=O) groups excluding carboxylic acids is 1. The number of nitrogens with zero attached hydrogens (tertiary/aromatic N) is 4. The van der Waals surface area contributed by atoms with E-state index >= 15 is 0 Å². The maximum Gasteiger partial charge on any atom is 0.317 e. The maximum absolute atomic E-state index is 13.0. The minimum absolute atomic E-state index is 0.0412. The molecular weight excluding hydrogens is 344 g/mol. The fourth-order valence-corrected chi connectivity index (χ4v) is 3.92. The van der Waals surface area contributed by atoms with Gasteiger partial charge in [0.25, 0.3) is 0 Å². The van der Waals surface area contributed by atoms with Crippen molar-refractivity contribution in [3.63, 3.8) is 0 Å². The number of amides is 1. The van der Waals surface area contributed by atoms with E-state index in [1.807, 2.05) is 45.7 Å². The van der Waals surface area contributed by atoms with Crippen LogP contribution in [0.3, 0.4) is 0 Å². The Balaban J connectivity index is 1.68. The van der Waals surface area contributed by atoms with Crippen LogP contribution in [0, 0.1) is 0 Å². The number of imidazole rings is 1. The topological polar surface area (TPSA) is 78.7 Å². The molecule has 7 heteroatoms. The highest BCUT2D eigenvalue weighted by Gasteiger charge is 2.24. The van der Waals surface area contributed by atoms with E-state index in [1.54, 1.807) is 0 Å². The van der Waals surface area contributed by atoms with Crippen LogP contribution in [-0.2, 0) is 22.6 Å². The molecule has 1 fully saturated rings. The zero-order chi connectivity index (χ0) is 19.4. The monoisotopic (exact) mass is 372 g/mol. The highest BCUT2D eigenvalue weighted by molar-refractivity contribution is 5.81. The maximum atomic E-state index is 13.0. The summed E-state index contributed by atoms with van der Waals surface area (Å²) < 4.78 is 2.02. The average Bonchev–Trinajstić information content (AvgIpc) is 2.82. The zero-order valence-corrected chi connectivity index (χ0v) is 16.1. The Kier molecular flexibility index (Phi) is 6.11. The van der Waals surface area contributed by atoms with E-state index in [4.69, 9.17) is 5.11 Å². The number of fused-ring (bicyclic) bond motifs is 1. The number of aromatic nitrogens is 2. The number of likely N-dealkylation sites (N-methyl/N-ethyl adjacent to an activating group) is 1. The van der Waals surface area contributed by atoms with Crippen LogP contribution in [0.25, 0.3) is 11.0 Å². The van der Waals surface area contributed by atoms with E-state index in [0.29, 0.717) is 13.1 Å². The number of likely N-dealkylation sites (tertiary alicyclic amines) is 1. The van der Waals surface area contributed by atoms with Crippen LogP contribution in [0.2, 0.25) is 0 Å². The summed E-state index contributed by atoms with van der Waals surface area (Å²) in [7, 11) is 1.85. The molecule has 0 bridgehead atoms. The van der Waals surface area contributed by atoms with Gasteiger partial charge in [-0.15, -0.1) is 0 Å². The standard InChI is InChI=1S/C20H28N4O3/c1-3-18-21-16-8-4-5-9-17(16)24(18)13-19(25)23-11-6-7-15(10-12-23)22(2)14-20(26)27/h4-5,8-9,15H,3,6-7,10-14H2,1-2H3,(H,26,27). The first kappa shape index (κ1) is 19.4. The average molecular weight is 372 g/mol. The second kappa shape index (κ2) is 8.52. The van der Waals surface area contributed by atoms with Crippen LogP contribution in [0.1, 0.15) is 32.0 Å². The van der Waals surface area contributed by atoms with Crippen molar-refractivity contribution in [3.05, 3.63) is 30.1 Å². The number of carboxylic acids is 1. The lowest BCUT2D eigenvalue weighted by atomic mass is 10.1. The number of carboxylic acid groups (broad SMARTS) is 1. The molecule has 1 atom stereocenters. The quantitative estimate of drug-likeness (QED) is 0.839. The van der Waals surface area contributed by atoms with E-state index in [2.05, 4.69) is 11.9 Å². The molecule has 1 aliphatic rings. The molecule has 1 aromatic carbocycles. The molecule has 1 aromatic heterocycles. The third-order valence-corrected chi connectivity index (χ3v) is 5.40. The summed E-state index contributed by atoms with van der Waals surface area (Å²) in [6.45, 7) is 3.79. The lowest BCUT2D eigenvalue weighted by Gasteiger charge is -2.25. The molecule has 0 spiro atoms. The zero-order valence-electron chi connectivity index (χ0n) is 16.1. The second-order valence-electron chi connectivity index (χ2n) is 7.23. The highest BCUT2D eigenvalue weighted by Crippen LogP contribution is 2.19. The number of para-hydroxylation sites is 2. The Morgan fingerprint density at radius 1 is 1.26 bits per heavy atom. The van der Waals surface area contributed by atoms with Crippen molar-refractivity contribution < 1.29 is 14.7 Å². The first-order valence-electron chi connectivity index (χ1n) is 9.63. The van der Waals surface area contributed by atoms with Gasteiger partial charge in [-0.05, 0) is 38.4 Å². The molecule has 7 nitrogen and oxygen atoms in total. The van der Waals surface area contributed by atoms with Gasteiger partial charge in [-0.1, -0.05) is 19.1 Å². The summed E-state index contributed by atoms with van der Waals surface area (Å²) in [4.78, 5) is 32.3. The van der Waals surface area contributed by atoms with Gasteiger partial charge in [0.05, 0.1) is 17.6 Å². The molecular formula is C20H28N4O3. The Hall–Kier alpha value is -2.41. The first-order chi connectivity index (χ1) is 13.0. The van der Waals surface area contributed by atoms with Gasteiger partial charge in [-0.2, -0.15) is 0 Å². The van der Waals surface area contributed by atoms with Crippen molar-refractivity contribution in [3.8, 4) is 0 Å². The predicted octanol–water partition coefficient (Wildman–Crippen LogP) is 2.00. The summed E-state index contributed by atoms with van der Waals surface area (Å²) in [6.07, 6.45) is 3.40. The molecule has 3 rings (SSSR count). The van der Waals surface area contributed by atoms with E-state index in [0.717, 1.165) is 49.1 Å². The normalized spacial score (nSPS) is 18.0. The summed E-state index contributed by atoms with van der Waals surface area (Å²) >= 11 is 0. The Morgan fingerprint density at radius 3 is 2.78 bits per heavy atom. The fraction of sp³-hybridized carbons (Fsp3) is 0.550. The second-order valence-corrected chi connectivity index (χ2v) is 7.23. The number of aliphatic carboxylic acids is 1. The number of hydrogen-bond acceptors (Lipinski definition) is 4. The van der Waals surface area contributed by atoms with E-state index in [-0.39, 0.29) is 18.5 Å². The number of rotatable bonds is 6. The van der Waals surface area contributed by atoms with Crippen molar-refractivity contribution in [2.24, 2.45) is 0 Å². The van der Waals surface area contributed by atoms with Crippen molar-refractivity contribution >= 4 is 22.9 Å². The molecule has 1 aliphatic heterocycles. The lowest BCUT2D eigenvalue weighted by Crippen LogP contribution is -2.38. The Morgan fingerprint density at radius 2 is 2.04 bits per heavy atom. The SMILES string of the molecule is CCc1nc2ccccc2n1CC(=O)N1CCCC(N(C)CC(=O)O)CC1. The van der Waals surface area contributed by atoms with Crippen molar-refractivity contribution in [1.82, 2.24) is 19.4 Å². The van der Waals surface area contributed by atoms with Crippen molar-refractivity contribution in [2.75, 3.05) is 26.7 Å². The highest BCUT2D eigenvalue weighted by atomic mass is 16.4. The summed E-state index contributed by atoms with van der Waals surface area (Å²) in [5.41, 5.74) is 1.92. The summed E-state index contributed by atoms with van der Waals surface area (Å²) in [5, 5.41) is 8.99. The Labute approximate surface area is 159 Å². The van der Waals surface area contributed by atoms with Gasteiger partial charge in [0, 0.05) is 25.6 Å². The third-order valence-electron chi connectivity index (χ3n) is 5.40. The molecule has 1 saturated heterocycles. The van der Waals surface area contributed by atoms with Crippen molar-refractivity contribution in [2.45, 2.75) is 45.2 Å². The third kappa shape index (κ3) is 4.47. The molecule has 27 heavy (non-hydrogen) atoms. The van der Waals surface area contributed by atoms with Crippen LogP contribution in [0.15, 0.2) is 24.3 Å². The molecule has 0 saturated carbocycles. The number of carbonyl (C=O) groups is 2. The van der Waals surface area contributed by atoms with Crippen molar-refractivity contribution in [1.29, 1.82) is 0 Å². The Bertz CT molecular complexity index is 817. The minimum atomic E-state index is -0.811. The number of aryl methyl sites for hydroxylation is 1. The van der Waals surface area contributed by atoms with Gasteiger partial charge in [0.1, 0.15) is 12.4 Å². The van der Waals surface area contributed by atoms with Crippen LogP contribution in [0.4, 0.5) is 0 Å². The van der Waals surface area contributed by atoms with E-state index < -0.39 is 5.97 Å². The smallest absolute Gasteiger partial charge is 0.317 e. The molecule has 1 N–H and O–H groups in total. The van der Waals surface area contributed by atoms with Crippen LogP contribution in [0.5, 0.6) is 0 Å². The van der Waals surface area contributed by atoms with Gasteiger partial charge in [-0.3, -0.25) is 14.5 Å². The largest absolute Gasteiger partial charge is 0.480 e. The molecule has 2 heterocycles. The lowest BCUT2D eigenvalue weighted by molar-refractivity contribution is -0.138. The van der Waals surface area contributed by atoms with Gasteiger partial charge < -0.3 is 14.6 Å². The van der Waals surface area contributed by atoms with Gasteiger partial charge in [-0.25, -0.2) is 4.98 Å².